The van der Waals surface area contributed by atoms with E-state index in [0.717, 1.165) is 5.56 Å². The third-order valence-electron chi connectivity index (χ3n) is 3.18. The fourth-order valence-electron chi connectivity index (χ4n) is 2.05. The lowest BCUT2D eigenvalue weighted by molar-refractivity contribution is -0.115. The summed E-state index contributed by atoms with van der Waals surface area (Å²) in [7, 11) is 0. The molecule has 0 aliphatic rings. The van der Waals surface area contributed by atoms with Crippen molar-refractivity contribution in [2.75, 3.05) is 11.9 Å². The van der Waals surface area contributed by atoms with Gasteiger partial charge in [0, 0.05) is 0 Å². The van der Waals surface area contributed by atoms with Gasteiger partial charge in [-0.3, -0.25) is 9.59 Å². The molecule has 0 aromatic heterocycles. The molecule has 0 aliphatic heterocycles. The molecule has 0 bridgehead atoms. The largest absolute Gasteiger partial charge is 0.506 e. The molecule has 132 valence electrons. The molecule has 6 nitrogen and oxygen atoms in total. The molecule has 2 amide bonds. The van der Waals surface area contributed by atoms with Crippen LogP contribution in [0.1, 0.15) is 15.9 Å². The molecule has 0 spiro atoms. The summed E-state index contributed by atoms with van der Waals surface area (Å²) < 4.78 is 29.0. The van der Waals surface area contributed by atoms with Crippen LogP contribution < -0.4 is 15.4 Å². The van der Waals surface area contributed by atoms with E-state index in [-0.39, 0.29) is 22.7 Å². The average Bonchev–Trinajstić information content (AvgIpc) is 2.55. The predicted octanol–water partition coefficient (Wildman–Crippen LogP) is 2.67. The monoisotopic (exact) mass is 350 g/mol. The minimum atomic E-state index is -3.07. The highest BCUT2D eigenvalue weighted by atomic mass is 19.3. The molecule has 8 heteroatoms. The van der Waals surface area contributed by atoms with Gasteiger partial charge in [0.05, 0.1) is 17.8 Å². The van der Waals surface area contributed by atoms with Crippen LogP contribution in [0.3, 0.4) is 0 Å². The minimum Gasteiger partial charge on any atom is -0.506 e. The number of alkyl halides is 2. The first-order chi connectivity index (χ1) is 11.9. The Morgan fingerprint density at radius 2 is 1.92 bits per heavy atom. The lowest BCUT2D eigenvalue weighted by Crippen LogP contribution is -2.33. The SMILES string of the molecule is Cc1ccc(NC(=O)CNC(=O)c2ccccc2OC(F)F)c(O)c1. The standard InChI is InChI=1S/C17H16F2N2O4/c1-10-6-7-12(13(22)8-10)21-15(23)9-20-16(24)11-4-2-3-5-14(11)25-17(18)19/h2-8,17,22H,9H2,1H3,(H,20,24)(H,21,23). The van der Waals surface area contributed by atoms with Crippen molar-refractivity contribution in [3.8, 4) is 11.5 Å². The lowest BCUT2D eigenvalue weighted by Gasteiger charge is -2.11. The van der Waals surface area contributed by atoms with Gasteiger partial charge in [0.15, 0.2) is 0 Å². The van der Waals surface area contributed by atoms with Gasteiger partial charge in [0.25, 0.3) is 5.91 Å². The molecule has 3 N–H and O–H groups in total. The molecule has 2 aromatic carbocycles. The Morgan fingerprint density at radius 1 is 1.20 bits per heavy atom. The van der Waals surface area contributed by atoms with Crippen molar-refractivity contribution in [1.29, 1.82) is 0 Å². The number of carbonyl (C=O) groups is 2. The van der Waals surface area contributed by atoms with Crippen molar-refractivity contribution in [2.45, 2.75) is 13.5 Å². The molecule has 0 unspecified atom stereocenters. The van der Waals surface area contributed by atoms with Crippen molar-refractivity contribution in [3.63, 3.8) is 0 Å². The maximum atomic E-state index is 12.3. The van der Waals surface area contributed by atoms with E-state index in [9.17, 15) is 23.5 Å². The van der Waals surface area contributed by atoms with Crippen LogP contribution >= 0.6 is 0 Å². The summed E-state index contributed by atoms with van der Waals surface area (Å²) in [6.45, 7) is -1.69. The van der Waals surface area contributed by atoms with Crippen LogP contribution in [0.25, 0.3) is 0 Å². The van der Waals surface area contributed by atoms with Crippen molar-refractivity contribution in [2.24, 2.45) is 0 Å². The minimum absolute atomic E-state index is 0.102. The second-order valence-electron chi connectivity index (χ2n) is 5.13. The van der Waals surface area contributed by atoms with Crippen molar-refractivity contribution in [3.05, 3.63) is 53.6 Å². The number of phenolic OH excluding ortho intramolecular Hbond substituents is 1. The summed E-state index contributed by atoms with van der Waals surface area (Å²) in [5, 5.41) is 14.5. The van der Waals surface area contributed by atoms with Gasteiger partial charge in [-0.05, 0) is 36.8 Å². The van der Waals surface area contributed by atoms with Crippen LogP contribution in [-0.2, 0) is 4.79 Å². The second kappa shape index (κ2) is 8.09. The van der Waals surface area contributed by atoms with Gasteiger partial charge in [-0.25, -0.2) is 0 Å². The first-order valence-corrected chi connectivity index (χ1v) is 7.28. The molecular formula is C17H16F2N2O4. The van der Waals surface area contributed by atoms with Gasteiger partial charge in [0.1, 0.15) is 11.5 Å². The number of halogens is 2. The molecule has 0 saturated carbocycles. The molecule has 25 heavy (non-hydrogen) atoms. The number of carbonyl (C=O) groups excluding carboxylic acids is 2. The third kappa shape index (κ3) is 5.17. The number of phenols is 1. The van der Waals surface area contributed by atoms with Crippen LogP contribution in [0.2, 0.25) is 0 Å². The van der Waals surface area contributed by atoms with E-state index in [0.29, 0.717) is 0 Å². The molecule has 0 radical (unpaired) electrons. The van der Waals surface area contributed by atoms with E-state index >= 15 is 0 Å². The summed E-state index contributed by atoms with van der Waals surface area (Å²) >= 11 is 0. The lowest BCUT2D eigenvalue weighted by atomic mass is 10.2. The zero-order chi connectivity index (χ0) is 18.4. The van der Waals surface area contributed by atoms with Gasteiger partial charge < -0.3 is 20.5 Å². The molecule has 0 fully saturated rings. The zero-order valence-corrected chi connectivity index (χ0v) is 13.3. The van der Waals surface area contributed by atoms with Crippen LogP contribution in [-0.4, -0.2) is 30.1 Å². The topological polar surface area (TPSA) is 87.7 Å². The number of amides is 2. The fourth-order valence-corrected chi connectivity index (χ4v) is 2.05. The summed E-state index contributed by atoms with van der Waals surface area (Å²) in [6.07, 6.45) is 0. The van der Waals surface area contributed by atoms with Gasteiger partial charge in [-0.1, -0.05) is 18.2 Å². The Bertz CT molecular complexity index is 781. The van der Waals surface area contributed by atoms with Crippen molar-refractivity contribution < 1.29 is 28.2 Å². The first-order valence-electron chi connectivity index (χ1n) is 7.28. The van der Waals surface area contributed by atoms with E-state index < -0.39 is 25.0 Å². The molecule has 0 aliphatic carbocycles. The number of aryl methyl sites for hydroxylation is 1. The smallest absolute Gasteiger partial charge is 0.387 e. The Labute approximate surface area is 142 Å². The predicted molar refractivity (Wildman–Crippen MR) is 86.9 cm³/mol. The maximum Gasteiger partial charge on any atom is 0.387 e. The average molecular weight is 350 g/mol. The van der Waals surface area contributed by atoms with E-state index in [1.165, 1.54) is 36.4 Å². The Balaban J connectivity index is 1.97. The van der Waals surface area contributed by atoms with E-state index in [1.54, 1.807) is 13.0 Å². The second-order valence-corrected chi connectivity index (χ2v) is 5.13. The highest BCUT2D eigenvalue weighted by Crippen LogP contribution is 2.23. The molecular weight excluding hydrogens is 334 g/mol. The van der Waals surface area contributed by atoms with Gasteiger partial charge in [0.2, 0.25) is 5.91 Å². The van der Waals surface area contributed by atoms with Crippen molar-refractivity contribution in [1.82, 2.24) is 5.32 Å². The Kier molecular flexibility index (Phi) is 5.89. The van der Waals surface area contributed by atoms with E-state index in [1.807, 2.05) is 0 Å². The van der Waals surface area contributed by atoms with Crippen molar-refractivity contribution >= 4 is 17.5 Å². The molecule has 0 atom stereocenters. The number of rotatable bonds is 6. The zero-order valence-electron chi connectivity index (χ0n) is 13.3. The van der Waals surface area contributed by atoms with Crippen LogP contribution in [0.4, 0.5) is 14.5 Å². The molecule has 2 aromatic rings. The number of aromatic hydroxyl groups is 1. The van der Waals surface area contributed by atoms with E-state index in [4.69, 9.17) is 0 Å². The normalized spacial score (nSPS) is 10.4. The van der Waals surface area contributed by atoms with Crippen LogP contribution in [0.15, 0.2) is 42.5 Å². The number of anilines is 1. The highest BCUT2D eigenvalue weighted by molar-refractivity contribution is 6.01. The Hall–Kier alpha value is -3.16. The summed E-state index contributed by atoms with van der Waals surface area (Å²) in [5.41, 5.74) is 0.902. The van der Waals surface area contributed by atoms with Gasteiger partial charge in [-0.15, -0.1) is 0 Å². The number of nitrogens with one attached hydrogen (secondary N) is 2. The third-order valence-corrected chi connectivity index (χ3v) is 3.18. The quantitative estimate of drug-likeness (QED) is 0.699. The summed E-state index contributed by atoms with van der Waals surface area (Å²) in [6, 6.07) is 10.2. The molecule has 0 heterocycles. The van der Waals surface area contributed by atoms with Crippen LogP contribution in [0, 0.1) is 6.92 Å². The van der Waals surface area contributed by atoms with E-state index in [2.05, 4.69) is 15.4 Å². The molecule has 0 saturated heterocycles. The first kappa shape index (κ1) is 18.2. The summed E-state index contributed by atoms with van der Waals surface area (Å²) in [5.74, 6) is -1.71. The number of ether oxygens (including phenoxy) is 1. The number of para-hydroxylation sites is 1. The highest BCUT2D eigenvalue weighted by Gasteiger charge is 2.16. The number of benzene rings is 2. The maximum absolute atomic E-state index is 12.3. The summed E-state index contributed by atoms with van der Waals surface area (Å²) in [4.78, 5) is 23.9. The Morgan fingerprint density at radius 3 is 2.60 bits per heavy atom. The van der Waals surface area contributed by atoms with Gasteiger partial charge >= 0.3 is 6.61 Å². The van der Waals surface area contributed by atoms with Crippen LogP contribution in [0.5, 0.6) is 11.5 Å². The number of hydrogen-bond donors (Lipinski definition) is 3. The molecule has 2 rings (SSSR count). The number of hydrogen-bond acceptors (Lipinski definition) is 4. The fraction of sp³-hybridized carbons (Fsp3) is 0.176. The van der Waals surface area contributed by atoms with Gasteiger partial charge in [-0.2, -0.15) is 8.78 Å².